The van der Waals surface area contributed by atoms with E-state index in [1.165, 1.54) is 4.90 Å². The van der Waals surface area contributed by atoms with Gasteiger partial charge in [-0.25, -0.2) is 9.97 Å². The van der Waals surface area contributed by atoms with E-state index in [1.54, 1.807) is 56.8 Å². The van der Waals surface area contributed by atoms with Crippen LogP contribution in [0.4, 0.5) is 11.6 Å². The molecule has 3 rings (SSSR count). The van der Waals surface area contributed by atoms with E-state index in [9.17, 15) is 9.59 Å². The van der Waals surface area contributed by atoms with Gasteiger partial charge in [0, 0.05) is 50.8 Å². The molecule has 1 aliphatic heterocycles. The van der Waals surface area contributed by atoms with Crippen molar-refractivity contribution in [3.8, 4) is 0 Å². The zero-order chi connectivity index (χ0) is 18.5. The normalized spacial score (nSPS) is 16.8. The number of carbonyl (C=O) groups is 2. The van der Waals surface area contributed by atoms with Gasteiger partial charge in [0.15, 0.2) is 0 Å². The highest BCUT2D eigenvalue weighted by Gasteiger charge is 2.27. The van der Waals surface area contributed by atoms with Crippen molar-refractivity contribution >= 4 is 23.5 Å². The third kappa shape index (κ3) is 4.17. The molecule has 2 aromatic rings. The summed E-state index contributed by atoms with van der Waals surface area (Å²) >= 11 is 0. The summed E-state index contributed by atoms with van der Waals surface area (Å²) in [5.41, 5.74) is 1.19. The van der Waals surface area contributed by atoms with Crippen LogP contribution in [-0.4, -0.2) is 53.9 Å². The average Bonchev–Trinajstić information content (AvgIpc) is 2.68. The molecule has 7 heteroatoms. The Labute approximate surface area is 153 Å². The van der Waals surface area contributed by atoms with Gasteiger partial charge in [0.25, 0.3) is 5.91 Å². The van der Waals surface area contributed by atoms with Gasteiger partial charge in [-0.3, -0.25) is 9.59 Å². The highest BCUT2D eigenvalue weighted by molar-refractivity contribution is 5.97. The Kier molecular flexibility index (Phi) is 5.46. The van der Waals surface area contributed by atoms with Crippen molar-refractivity contribution in [3.05, 3.63) is 48.3 Å². The predicted molar refractivity (Wildman–Crippen MR) is 100 cm³/mol. The molecule has 0 spiro atoms. The summed E-state index contributed by atoms with van der Waals surface area (Å²) in [4.78, 5) is 36.9. The molecule has 0 radical (unpaired) electrons. The van der Waals surface area contributed by atoms with E-state index in [1.807, 2.05) is 4.90 Å². The number of nitrogens with zero attached hydrogens (tertiary/aromatic N) is 4. The summed E-state index contributed by atoms with van der Waals surface area (Å²) in [7, 11) is 3.41. The third-order valence-corrected chi connectivity index (χ3v) is 4.41. The Morgan fingerprint density at radius 2 is 1.96 bits per heavy atom. The van der Waals surface area contributed by atoms with Crippen LogP contribution < -0.4 is 10.2 Å². The Morgan fingerprint density at radius 1 is 1.19 bits per heavy atom. The maximum Gasteiger partial charge on any atom is 0.253 e. The minimum absolute atomic E-state index is 0.0416. The quantitative estimate of drug-likeness (QED) is 0.910. The van der Waals surface area contributed by atoms with E-state index in [4.69, 9.17) is 0 Å². The van der Waals surface area contributed by atoms with Gasteiger partial charge in [0.1, 0.15) is 0 Å². The molecule has 1 aliphatic rings. The molecule has 1 saturated heterocycles. The van der Waals surface area contributed by atoms with Crippen LogP contribution in [0.2, 0.25) is 0 Å². The van der Waals surface area contributed by atoms with Gasteiger partial charge in [-0.15, -0.1) is 0 Å². The Bertz CT molecular complexity index is 779. The maximum atomic E-state index is 12.7. The van der Waals surface area contributed by atoms with Gasteiger partial charge in [0.2, 0.25) is 11.9 Å². The first-order valence-corrected chi connectivity index (χ1v) is 8.69. The van der Waals surface area contributed by atoms with Crippen molar-refractivity contribution in [3.63, 3.8) is 0 Å². The highest BCUT2D eigenvalue weighted by atomic mass is 16.2. The highest BCUT2D eigenvalue weighted by Crippen LogP contribution is 2.22. The summed E-state index contributed by atoms with van der Waals surface area (Å²) in [5, 5.41) is 2.94. The van der Waals surface area contributed by atoms with Crippen molar-refractivity contribution in [2.45, 2.75) is 12.8 Å². The maximum absolute atomic E-state index is 12.7. The second-order valence-corrected chi connectivity index (χ2v) is 6.60. The Hall–Kier alpha value is -2.96. The summed E-state index contributed by atoms with van der Waals surface area (Å²) < 4.78 is 0. The molecule has 0 aliphatic carbocycles. The average molecular weight is 353 g/mol. The van der Waals surface area contributed by atoms with Crippen LogP contribution in [0.25, 0.3) is 0 Å². The number of aromatic nitrogens is 2. The summed E-state index contributed by atoms with van der Waals surface area (Å²) in [6.45, 7) is 1.44. The van der Waals surface area contributed by atoms with Crippen LogP contribution >= 0.6 is 0 Å². The van der Waals surface area contributed by atoms with Gasteiger partial charge in [-0.2, -0.15) is 0 Å². The lowest BCUT2D eigenvalue weighted by atomic mass is 9.97. The number of carbonyl (C=O) groups excluding carboxylic acids is 2. The number of rotatable bonds is 4. The Morgan fingerprint density at radius 3 is 2.69 bits per heavy atom. The monoisotopic (exact) mass is 353 g/mol. The van der Waals surface area contributed by atoms with Crippen molar-refractivity contribution in [1.29, 1.82) is 0 Å². The van der Waals surface area contributed by atoms with E-state index >= 15 is 0 Å². The molecule has 1 aromatic heterocycles. The molecule has 1 fully saturated rings. The fourth-order valence-corrected chi connectivity index (χ4v) is 3.06. The second-order valence-electron chi connectivity index (χ2n) is 6.60. The largest absolute Gasteiger partial charge is 0.345 e. The van der Waals surface area contributed by atoms with Crippen LogP contribution in [-0.2, 0) is 4.79 Å². The minimum atomic E-state index is -0.138. The van der Waals surface area contributed by atoms with E-state index in [0.717, 1.165) is 19.4 Å². The molecular formula is C19H23N5O2. The third-order valence-electron chi connectivity index (χ3n) is 4.41. The van der Waals surface area contributed by atoms with E-state index in [0.29, 0.717) is 23.7 Å². The number of nitrogens with one attached hydrogen (secondary N) is 1. The first-order chi connectivity index (χ1) is 12.5. The zero-order valence-corrected chi connectivity index (χ0v) is 15.1. The zero-order valence-electron chi connectivity index (χ0n) is 15.1. The van der Waals surface area contributed by atoms with Gasteiger partial charge >= 0.3 is 0 Å². The molecular weight excluding hydrogens is 330 g/mol. The van der Waals surface area contributed by atoms with Crippen molar-refractivity contribution in [2.24, 2.45) is 5.92 Å². The number of hydrogen-bond acceptors (Lipinski definition) is 5. The number of benzene rings is 1. The van der Waals surface area contributed by atoms with E-state index < -0.39 is 0 Å². The first-order valence-electron chi connectivity index (χ1n) is 8.69. The van der Waals surface area contributed by atoms with Gasteiger partial charge in [-0.1, -0.05) is 6.07 Å². The number of amides is 2. The van der Waals surface area contributed by atoms with Gasteiger partial charge in [0.05, 0.1) is 5.92 Å². The number of anilines is 2. The van der Waals surface area contributed by atoms with Gasteiger partial charge in [-0.05, 0) is 37.1 Å². The minimum Gasteiger partial charge on any atom is -0.345 e. The van der Waals surface area contributed by atoms with E-state index in [-0.39, 0.29) is 17.7 Å². The molecule has 0 saturated carbocycles. The molecule has 0 bridgehead atoms. The summed E-state index contributed by atoms with van der Waals surface area (Å²) in [6, 6.07) is 8.80. The molecule has 1 unspecified atom stereocenters. The fourth-order valence-electron chi connectivity index (χ4n) is 3.06. The topological polar surface area (TPSA) is 78.4 Å². The summed E-state index contributed by atoms with van der Waals surface area (Å²) in [6.07, 6.45) is 5.15. The molecule has 1 atom stereocenters. The number of hydrogen-bond donors (Lipinski definition) is 1. The SMILES string of the molecule is CN(C)C(=O)c1cccc(NC(=O)C2CCCN(c3ncccn3)C2)c1. The van der Waals surface area contributed by atoms with Crippen LogP contribution in [0.3, 0.4) is 0 Å². The Balaban J connectivity index is 1.66. The molecule has 26 heavy (non-hydrogen) atoms. The van der Waals surface area contributed by atoms with Crippen molar-refractivity contribution < 1.29 is 9.59 Å². The molecule has 136 valence electrons. The first kappa shape index (κ1) is 17.8. The van der Waals surface area contributed by atoms with Crippen LogP contribution in [0, 0.1) is 5.92 Å². The van der Waals surface area contributed by atoms with Gasteiger partial charge < -0.3 is 15.1 Å². The van der Waals surface area contributed by atoms with E-state index in [2.05, 4.69) is 15.3 Å². The molecule has 2 heterocycles. The standard InChI is InChI=1S/C19H23N5O2/c1-23(2)18(26)14-6-3-8-16(12-14)22-17(25)15-7-4-11-24(13-15)19-20-9-5-10-21-19/h3,5-6,8-10,12,15H,4,7,11,13H2,1-2H3,(H,22,25). The van der Waals surface area contributed by atoms with Crippen molar-refractivity contribution in [2.75, 3.05) is 37.4 Å². The van der Waals surface area contributed by atoms with Crippen LogP contribution in [0.15, 0.2) is 42.7 Å². The molecule has 2 amide bonds. The molecule has 1 aromatic carbocycles. The van der Waals surface area contributed by atoms with Crippen LogP contribution in [0.1, 0.15) is 23.2 Å². The molecule has 1 N–H and O–H groups in total. The fraction of sp³-hybridized carbons (Fsp3) is 0.368. The number of piperidine rings is 1. The molecule has 7 nitrogen and oxygen atoms in total. The second kappa shape index (κ2) is 7.95. The lowest BCUT2D eigenvalue weighted by molar-refractivity contribution is -0.120. The smallest absolute Gasteiger partial charge is 0.253 e. The lowest BCUT2D eigenvalue weighted by Crippen LogP contribution is -2.41. The lowest BCUT2D eigenvalue weighted by Gasteiger charge is -2.31. The van der Waals surface area contributed by atoms with Crippen LogP contribution in [0.5, 0.6) is 0 Å². The predicted octanol–water partition coefficient (Wildman–Crippen LogP) is 2.03. The van der Waals surface area contributed by atoms with Crippen molar-refractivity contribution in [1.82, 2.24) is 14.9 Å². The summed E-state index contributed by atoms with van der Waals surface area (Å²) in [5.74, 6) is 0.385.